The molecule has 0 bridgehead atoms. The summed E-state index contributed by atoms with van der Waals surface area (Å²) in [6, 6.07) is 7.30. The second kappa shape index (κ2) is 6.20. The highest BCUT2D eigenvalue weighted by Crippen LogP contribution is 2.25. The molecule has 1 aliphatic heterocycles. The van der Waals surface area contributed by atoms with Crippen molar-refractivity contribution < 1.29 is 8.42 Å². The molecule has 20 heavy (non-hydrogen) atoms. The van der Waals surface area contributed by atoms with Crippen molar-refractivity contribution in [3.8, 4) is 0 Å². The van der Waals surface area contributed by atoms with Gasteiger partial charge in [0.1, 0.15) is 4.99 Å². The van der Waals surface area contributed by atoms with Crippen molar-refractivity contribution in [3.63, 3.8) is 0 Å². The number of benzene rings is 1. The number of thiocarbonyl (C=S) groups is 1. The zero-order valence-corrected chi connectivity index (χ0v) is 13.2. The molecule has 1 unspecified atom stereocenters. The summed E-state index contributed by atoms with van der Waals surface area (Å²) in [5.74, 6) is 0.0138. The van der Waals surface area contributed by atoms with E-state index in [2.05, 4.69) is 0 Å². The van der Waals surface area contributed by atoms with Gasteiger partial charge >= 0.3 is 0 Å². The standard InChI is InChI=1S/C14H20N2O2S2/c1-2-13-7-4-8-16(13)20(17,18)10-11-5-3-6-12(9-11)14(15)19/h3,5-6,9,13H,2,4,7-8,10H2,1H3,(H2,15,19). The van der Waals surface area contributed by atoms with Gasteiger partial charge in [-0.15, -0.1) is 0 Å². The first-order chi connectivity index (χ1) is 9.44. The third-order valence-corrected chi connectivity index (χ3v) is 5.84. The molecule has 0 amide bonds. The summed E-state index contributed by atoms with van der Waals surface area (Å²) < 4.78 is 26.7. The maximum absolute atomic E-state index is 12.5. The topological polar surface area (TPSA) is 63.4 Å². The fraction of sp³-hybridized carbons (Fsp3) is 0.500. The maximum Gasteiger partial charge on any atom is 0.218 e. The van der Waals surface area contributed by atoms with Gasteiger partial charge in [0.25, 0.3) is 0 Å². The molecule has 1 aromatic rings. The van der Waals surface area contributed by atoms with E-state index in [1.54, 1.807) is 28.6 Å². The molecule has 1 aromatic carbocycles. The summed E-state index contributed by atoms with van der Waals surface area (Å²) in [4.78, 5) is 0.289. The van der Waals surface area contributed by atoms with Gasteiger partial charge in [-0.1, -0.05) is 37.3 Å². The third-order valence-electron chi connectivity index (χ3n) is 3.71. The highest BCUT2D eigenvalue weighted by atomic mass is 32.2. The van der Waals surface area contributed by atoms with Gasteiger partial charge in [-0.2, -0.15) is 4.31 Å². The van der Waals surface area contributed by atoms with Crippen LogP contribution >= 0.6 is 12.2 Å². The van der Waals surface area contributed by atoms with Crippen molar-refractivity contribution in [2.75, 3.05) is 6.54 Å². The second-order valence-corrected chi connectivity index (χ2v) is 7.50. The second-order valence-electron chi connectivity index (χ2n) is 5.14. The monoisotopic (exact) mass is 312 g/mol. The van der Waals surface area contributed by atoms with Crippen LogP contribution in [0.5, 0.6) is 0 Å². The van der Waals surface area contributed by atoms with E-state index in [-0.39, 0.29) is 16.8 Å². The normalized spacial score (nSPS) is 20.1. The average molecular weight is 312 g/mol. The van der Waals surface area contributed by atoms with Crippen LogP contribution in [0.4, 0.5) is 0 Å². The van der Waals surface area contributed by atoms with Gasteiger partial charge in [0.15, 0.2) is 0 Å². The first kappa shape index (κ1) is 15.4. The minimum Gasteiger partial charge on any atom is -0.389 e. The highest BCUT2D eigenvalue weighted by molar-refractivity contribution is 7.88. The van der Waals surface area contributed by atoms with Crippen LogP contribution in [0.15, 0.2) is 24.3 Å². The summed E-state index contributed by atoms with van der Waals surface area (Å²) in [6.07, 6.45) is 2.78. The lowest BCUT2D eigenvalue weighted by molar-refractivity contribution is 0.379. The molecule has 0 saturated carbocycles. The molecule has 1 saturated heterocycles. The maximum atomic E-state index is 12.5. The largest absolute Gasteiger partial charge is 0.389 e. The number of nitrogens with two attached hydrogens (primary N) is 1. The number of hydrogen-bond acceptors (Lipinski definition) is 3. The molecule has 1 heterocycles. The molecule has 2 rings (SSSR count). The molecule has 2 N–H and O–H groups in total. The molecule has 4 nitrogen and oxygen atoms in total. The van der Waals surface area contributed by atoms with Gasteiger partial charge in [-0.3, -0.25) is 0 Å². The summed E-state index contributed by atoms with van der Waals surface area (Å²) in [6.45, 7) is 2.67. The van der Waals surface area contributed by atoms with E-state index < -0.39 is 10.0 Å². The molecular weight excluding hydrogens is 292 g/mol. The van der Waals surface area contributed by atoms with Crippen LogP contribution < -0.4 is 5.73 Å². The van der Waals surface area contributed by atoms with E-state index in [1.807, 2.05) is 6.92 Å². The van der Waals surface area contributed by atoms with Crippen molar-refractivity contribution in [1.82, 2.24) is 4.31 Å². The predicted octanol–water partition coefficient (Wildman–Crippen LogP) is 2.03. The van der Waals surface area contributed by atoms with E-state index in [4.69, 9.17) is 18.0 Å². The molecule has 0 spiro atoms. The molecule has 6 heteroatoms. The number of rotatable bonds is 5. The van der Waals surface area contributed by atoms with Crippen LogP contribution in [0.1, 0.15) is 37.3 Å². The van der Waals surface area contributed by atoms with E-state index in [0.29, 0.717) is 12.1 Å². The predicted molar refractivity (Wildman–Crippen MR) is 85.0 cm³/mol. The lowest BCUT2D eigenvalue weighted by Crippen LogP contribution is -2.36. The van der Waals surface area contributed by atoms with Crippen LogP contribution in [-0.4, -0.2) is 30.3 Å². The SMILES string of the molecule is CCC1CCCN1S(=O)(=O)Cc1cccc(C(N)=S)c1. The molecule has 110 valence electrons. The number of nitrogens with zero attached hydrogens (tertiary/aromatic N) is 1. The van der Waals surface area contributed by atoms with Gasteiger partial charge in [0.05, 0.1) is 5.75 Å². The van der Waals surface area contributed by atoms with Crippen molar-refractivity contribution in [1.29, 1.82) is 0 Å². The average Bonchev–Trinajstić information content (AvgIpc) is 2.87. The molecule has 0 aromatic heterocycles. The van der Waals surface area contributed by atoms with E-state index >= 15 is 0 Å². The fourth-order valence-corrected chi connectivity index (χ4v) is 4.70. The van der Waals surface area contributed by atoms with Crippen LogP contribution in [0.3, 0.4) is 0 Å². The zero-order valence-electron chi connectivity index (χ0n) is 11.6. The van der Waals surface area contributed by atoms with Crippen LogP contribution in [0.2, 0.25) is 0 Å². The minimum absolute atomic E-state index is 0.0138. The molecule has 1 atom stereocenters. The molecule has 0 radical (unpaired) electrons. The summed E-state index contributed by atoms with van der Waals surface area (Å²) in [5.41, 5.74) is 7.03. The first-order valence-electron chi connectivity index (χ1n) is 6.82. The van der Waals surface area contributed by atoms with Gasteiger partial charge in [0, 0.05) is 18.2 Å². The number of sulfonamides is 1. The van der Waals surface area contributed by atoms with E-state index in [9.17, 15) is 8.42 Å². The Balaban J connectivity index is 2.20. The Labute approximate surface area is 126 Å². The Bertz CT molecular complexity index is 599. The van der Waals surface area contributed by atoms with Crippen LogP contribution in [-0.2, 0) is 15.8 Å². The van der Waals surface area contributed by atoms with Gasteiger partial charge < -0.3 is 5.73 Å². The third kappa shape index (κ3) is 3.37. The smallest absolute Gasteiger partial charge is 0.218 e. The van der Waals surface area contributed by atoms with Crippen molar-refractivity contribution in [3.05, 3.63) is 35.4 Å². The van der Waals surface area contributed by atoms with Gasteiger partial charge in [-0.05, 0) is 30.9 Å². The van der Waals surface area contributed by atoms with Crippen molar-refractivity contribution in [2.45, 2.75) is 38.0 Å². The van der Waals surface area contributed by atoms with E-state index in [1.165, 1.54) is 0 Å². The Morgan fingerprint density at radius 3 is 2.90 bits per heavy atom. The van der Waals surface area contributed by atoms with E-state index in [0.717, 1.165) is 24.8 Å². The lowest BCUT2D eigenvalue weighted by atomic mass is 10.1. The van der Waals surface area contributed by atoms with Gasteiger partial charge in [-0.25, -0.2) is 8.42 Å². The fourth-order valence-electron chi connectivity index (χ4n) is 2.69. The molecule has 1 fully saturated rings. The Morgan fingerprint density at radius 1 is 1.50 bits per heavy atom. The number of hydrogen-bond donors (Lipinski definition) is 1. The highest BCUT2D eigenvalue weighted by Gasteiger charge is 2.32. The Hall–Kier alpha value is -0.980. The van der Waals surface area contributed by atoms with Crippen molar-refractivity contribution in [2.24, 2.45) is 5.73 Å². The van der Waals surface area contributed by atoms with Crippen LogP contribution in [0, 0.1) is 0 Å². The first-order valence-corrected chi connectivity index (χ1v) is 8.84. The summed E-state index contributed by atoms with van der Waals surface area (Å²) in [7, 11) is -3.27. The van der Waals surface area contributed by atoms with Crippen LogP contribution in [0.25, 0.3) is 0 Å². The molecule has 0 aliphatic carbocycles. The molecule has 1 aliphatic rings. The van der Waals surface area contributed by atoms with Crippen molar-refractivity contribution >= 4 is 27.2 Å². The Kier molecular flexibility index (Phi) is 4.78. The molecular formula is C14H20N2O2S2. The minimum atomic E-state index is -3.27. The lowest BCUT2D eigenvalue weighted by Gasteiger charge is -2.23. The zero-order chi connectivity index (χ0) is 14.8. The quantitative estimate of drug-likeness (QED) is 0.845. The summed E-state index contributed by atoms with van der Waals surface area (Å²) in [5, 5.41) is 0. The summed E-state index contributed by atoms with van der Waals surface area (Å²) >= 11 is 4.93. The van der Waals surface area contributed by atoms with Gasteiger partial charge in [0.2, 0.25) is 10.0 Å². The Morgan fingerprint density at radius 2 is 2.25 bits per heavy atom.